The summed E-state index contributed by atoms with van der Waals surface area (Å²) in [7, 11) is 0. The third-order valence-electron chi connectivity index (χ3n) is 1.62. The molecule has 2 N–H and O–H groups in total. The van der Waals surface area contributed by atoms with Gasteiger partial charge < -0.3 is 0 Å². The van der Waals surface area contributed by atoms with Crippen LogP contribution in [0.15, 0.2) is 22.1 Å². The molecule has 2 heterocycles. The van der Waals surface area contributed by atoms with Crippen LogP contribution in [0.4, 0.5) is 0 Å². The summed E-state index contributed by atoms with van der Waals surface area (Å²) in [5.41, 5.74) is -0.643. The van der Waals surface area contributed by atoms with Gasteiger partial charge in [-0.2, -0.15) is 20.4 Å². The summed E-state index contributed by atoms with van der Waals surface area (Å²) >= 11 is 0. The molecule has 0 saturated carbocycles. The van der Waals surface area contributed by atoms with E-state index in [-0.39, 0.29) is 19.0 Å². The van der Waals surface area contributed by atoms with E-state index in [1.165, 1.54) is 6.20 Å². The highest BCUT2D eigenvalue weighted by atomic mass is 35.5. The monoisotopic (exact) mass is 230 g/mol. The Morgan fingerprint density at radius 2 is 2.20 bits per heavy atom. The largest absolute Gasteiger partial charge is 0.353 e. The molecule has 0 aliphatic rings. The van der Waals surface area contributed by atoms with Crippen LogP contribution in [0.25, 0.3) is 0 Å². The molecule has 0 fully saturated rings. The number of H-pyrrole nitrogens is 2. The van der Waals surface area contributed by atoms with Crippen molar-refractivity contribution in [2.75, 3.05) is 0 Å². The van der Waals surface area contributed by atoms with Crippen molar-refractivity contribution in [2.45, 2.75) is 6.54 Å². The Labute approximate surface area is 88.8 Å². The Hall–Kier alpha value is -1.96. The SMILES string of the molecule is Cl.O=c1nc[nH]c(=O)n1Cc1cn[nH]n1. The minimum absolute atomic E-state index is 0. The summed E-state index contributed by atoms with van der Waals surface area (Å²) < 4.78 is 0.928. The van der Waals surface area contributed by atoms with Gasteiger partial charge >= 0.3 is 11.4 Å². The number of aromatic amines is 2. The van der Waals surface area contributed by atoms with Gasteiger partial charge in [0.25, 0.3) is 0 Å². The van der Waals surface area contributed by atoms with E-state index >= 15 is 0 Å². The van der Waals surface area contributed by atoms with E-state index in [2.05, 4.69) is 25.4 Å². The predicted molar refractivity (Wildman–Crippen MR) is 51.9 cm³/mol. The topological polar surface area (TPSA) is 109 Å². The molecule has 2 aromatic rings. The highest BCUT2D eigenvalue weighted by molar-refractivity contribution is 5.85. The molecule has 9 heteroatoms. The second-order valence-electron chi connectivity index (χ2n) is 2.54. The van der Waals surface area contributed by atoms with Crippen molar-refractivity contribution in [3.05, 3.63) is 39.2 Å². The normalized spacial score (nSPS) is 9.60. The van der Waals surface area contributed by atoms with Crippen molar-refractivity contribution in [3.63, 3.8) is 0 Å². The summed E-state index contributed by atoms with van der Waals surface area (Å²) in [5.74, 6) is 0. The molecule has 0 amide bonds. The highest BCUT2D eigenvalue weighted by Crippen LogP contribution is 1.87. The lowest BCUT2D eigenvalue weighted by atomic mass is 10.5. The molecular formula is C6H7ClN6O2. The number of nitrogens with zero attached hydrogens (tertiary/aromatic N) is 4. The third kappa shape index (κ3) is 2.29. The first kappa shape index (κ1) is 11.1. The molecular weight excluding hydrogens is 224 g/mol. The van der Waals surface area contributed by atoms with Crippen molar-refractivity contribution in [3.8, 4) is 0 Å². The van der Waals surface area contributed by atoms with Crippen molar-refractivity contribution in [1.82, 2.24) is 29.9 Å². The van der Waals surface area contributed by atoms with Crippen molar-refractivity contribution < 1.29 is 0 Å². The fourth-order valence-electron chi connectivity index (χ4n) is 0.980. The van der Waals surface area contributed by atoms with Crippen LogP contribution in [-0.2, 0) is 6.54 Å². The average molecular weight is 231 g/mol. The third-order valence-corrected chi connectivity index (χ3v) is 1.62. The second-order valence-corrected chi connectivity index (χ2v) is 2.54. The van der Waals surface area contributed by atoms with E-state index in [1.807, 2.05) is 0 Å². The first-order chi connectivity index (χ1) is 6.77. The Balaban J connectivity index is 0.00000112. The average Bonchev–Trinajstić information content (AvgIpc) is 2.64. The first-order valence-electron chi connectivity index (χ1n) is 3.76. The molecule has 0 saturated heterocycles. The molecule has 8 nitrogen and oxygen atoms in total. The zero-order valence-corrected chi connectivity index (χ0v) is 8.19. The van der Waals surface area contributed by atoms with Gasteiger partial charge in [0.15, 0.2) is 0 Å². The van der Waals surface area contributed by atoms with E-state index in [0.29, 0.717) is 5.69 Å². The van der Waals surface area contributed by atoms with E-state index in [4.69, 9.17) is 0 Å². The summed E-state index contributed by atoms with van der Waals surface area (Å²) in [5, 5.41) is 9.65. The maximum Gasteiger partial charge on any atom is 0.353 e. The number of aromatic nitrogens is 6. The summed E-state index contributed by atoms with van der Waals surface area (Å²) in [4.78, 5) is 28.0. The number of nitrogens with one attached hydrogen (secondary N) is 2. The van der Waals surface area contributed by atoms with Crippen LogP contribution in [0, 0.1) is 0 Å². The molecule has 80 valence electrons. The van der Waals surface area contributed by atoms with Gasteiger partial charge in [0, 0.05) is 0 Å². The van der Waals surface area contributed by atoms with Gasteiger partial charge in [-0.3, -0.25) is 4.98 Å². The summed E-state index contributed by atoms with van der Waals surface area (Å²) in [6, 6.07) is 0. The van der Waals surface area contributed by atoms with Crippen LogP contribution < -0.4 is 11.4 Å². The van der Waals surface area contributed by atoms with Gasteiger partial charge in [-0.15, -0.1) is 12.4 Å². The quantitative estimate of drug-likeness (QED) is 0.654. The second kappa shape index (κ2) is 4.51. The zero-order chi connectivity index (χ0) is 9.97. The molecule has 0 bridgehead atoms. The van der Waals surface area contributed by atoms with Gasteiger partial charge in [0.2, 0.25) is 0 Å². The molecule has 0 radical (unpaired) electrons. The smallest absolute Gasteiger partial charge is 0.298 e. The van der Waals surface area contributed by atoms with Crippen molar-refractivity contribution >= 4 is 12.4 Å². The molecule has 15 heavy (non-hydrogen) atoms. The van der Waals surface area contributed by atoms with E-state index < -0.39 is 11.4 Å². The van der Waals surface area contributed by atoms with E-state index in [9.17, 15) is 9.59 Å². The number of hydrogen-bond acceptors (Lipinski definition) is 5. The number of halogens is 1. The lowest BCUT2D eigenvalue weighted by molar-refractivity contribution is 0.651. The van der Waals surface area contributed by atoms with Crippen LogP contribution in [0.5, 0.6) is 0 Å². The standard InChI is InChI=1S/C6H6N6O2.ClH/c13-5-7-3-8-6(14)12(5)2-4-1-9-11-10-4;/h1,3H,2H2,(H,9,10,11)(H,7,8,13,14);1H. The van der Waals surface area contributed by atoms with Gasteiger partial charge in [-0.05, 0) is 0 Å². The van der Waals surface area contributed by atoms with Crippen LogP contribution in [-0.4, -0.2) is 29.9 Å². The van der Waals surface area contributed by atoms with Gasteiger partial charge in [0.05, 0.1) is 12.7 Å². The molecule has 2 aromatic heterocycles. The molecule has 0 unspecified atom stereocenters. The van der Waals surface area contributed by atoms with E-state index in [1.54, 1.807) is 0 Å². The Bertz CT molecular complexity index is 501. The molecule has 2 rings (SSSR count). The molecule has 0 aliphatic heterocycles. The van der Waals surface area contributed by atoms with Crippen molar-refractivity contribution in [1.29, 1.82) is 0 Å². The van der Waals surface area contributed by atoms with E-state index in [0.717, 1.165) is 10.9 Å². The minimum atomic E-state index is -0.614. The lowest BCUT2D eigenvalue weighted by Gasteiger charge is -1.97. The summed E-state index contributed by atoms with van der Waals surface area (Å²) in [6.45, 7) is 0.0541. The first-order valence-corrected chi connectivity index (χ1v) is 3.76. The molecule has 0 aliphatic carbocycles. The molecule has 0 spiro atoms. The predicted octanol–water partition coefficient (Wildman–Crippen LogP) is -1.48. The molecule has 0 atom stereocenters. The van der Waals surface area contributed by atoms with Gasteiger partial charge in [-0.25, -0.2) is 14.2 Å². The Morgan fingerprint density at radius 3 is 2.80 bits per heavy atom. The maximum atomic E-state index is 11.2. The number of rotatable bonds is 2. The molecule has 0 aromatic carbocycles. The number of hydrogen-bond donors (Lipinski definition) is 2. The summed E-state index contributed by atoms with van der Waals surface area (Å²) in [6.07, 6.45) is 2.49. The van der Waals surface area contributed by atoms with Crippen molar-refractivity contribution in [2.24, 2.45) is 0 Å². The highest BCUT2D eigenvalue weighted by Gasteiger charge is 2.03. The lowest BCUT2D eigenvalue weighted by Crippen LogP contribution is -2.36. The fraction of sp³-hybridized carbons (Fsp3) is 0.167. The Morgan fingerprint density at radius 1 is 1.40 bits per heavy atom. The van der Waals surface area contributed by atoms with Crippen LogP contribution >= 0.6 is 12.4 Å². The van der Waals surface area contributed by atoms with Gasteiger partial charge in [-0.1, -0.05) is 0 Å². The minimum Gasteiger partial charge on any atom is -0.298 e. The fourth-order valence-corrected chi connectivity index (χ4v) is 0.980. The zero-order valence-electron chi connectivity index (χ0n) is 7.38. The van der Waals surface area contributed by atoms with Crippen LogP contribution in [0.2, 0.25) is 0 Å². The maximum absolute atomic E-state index is 11.2. The Kier molecular flexibility index (Phi) is 3.34. The van der Waals surface area contributed by atoms with Crippen LogP contribution in [0.1, 0.15) is 5.69 Å². The van der Waals surface area contributed by atoms with Crippen LogP contribution in [0.3, 0.4) is 0 Å². The van der Waals surface area contributed by atoms with Gasteiger partial charge in [0.1, 0.15) is 12.0 Å².